The van der Waals surface area contributed by atoms with Gasteiger partial charge in [0.25, 0.3) is 5.95 Å². The zero-order chi connectivity index (χ0) is 20.8. The van der Waals surface area contributed by atoms with E-state index >= 15 is 0 Å². The largest absolute Gasteiger partial charge is 0.507 e. The Balaban J connectivity index is 1.76. The molecule has 0 bridgehead atoms. The third-order valence-corrected chi connectivity index (χ3v) is 5.71. The Bertz CT molecular complexity index is 1300. The first-order valence-electron chi connectivity index (χ1n) is 9.14. The van der Waals surface area contributed by atoms with Gasteiger partial charge in [-0.25, -0.2) is 14.3 Å². The number of fused-ring (bicyclic) bond motifs is 2. The maximum Gasteiger partial charge on any atom is 0.413 e. The maximum atomic E-state index is 11.7. The van der Waals surface area contributed by atoms with E-state index in [9.17, 15) is 9.90 Å². The Morgan fingerprint density at radius 2 is 2.10 bits per heavy atom. The van der Waals surface area contributed by atoms with Crippen molar-refractivity contribution in [2.75, 3.05) is 17.7 Å². The lowest BCUT2D eigenvalue weighted by molar-refractivity contribution is 0.186. The number of carbonyl (C=O) groups is 1. The number of phenolic OH excluding ortho intramolecular Hbond substituents is 1. The number of nitrogens with one attached hydrogen (secondary N) is 2. The molecule has 2 aromatic heterocycles. The molecule has 1 aliphatic rings. The van der Waals surface area contributed by atoms with Crippen molar-refractivity contribution in [2.24, 2.45) is 0 Å². The monoisotopic (exact) mass is 465 g/mol. The maximum absolute atomic E-state index is 11.7. The summed E-state index contributed by atoms with van der Waals surface area (Å²) in [7, 11) is 1.29. The number of nitrogens with zero attached hydrogens (tertiary/aromatic N) is 3. The summed E-state index contributed by atoms with van der Waals surface area (Å²) in [5.74, 6) is 0.303. The lowest BCUT2D eigenvalue weighted by atomic mass is 9.99. The van der Waals surface area contributed by atoms with Gasteiger partial charge < -0.3 is 15.2 Å². The zero-order valence-electron chi connectivity index (χ0n) is 15.8. The van der Waals surface area contributed by atoms with Crippen molar-refractivity contribution in [3.8, 4) is 17.0 Å². The number of anilines is 2. The summed E-state index contributed by atoms with van der Waals surface area (Å²) >= 11 is 3.34. The highest BCUT2D eigenvalue weighted by atomic mass is 79.9. The fourth-order valence-corrected chi connectivity index (χ4v) is 3.93. The summed E-state index contributed by atoms with van der Waals surface area (Å²) in [5, 5.41) is 20.7. The molecule has 150 valence electrons. The quantitative estimate of drug-likeness (QED) is 0.401. The molecule has 3 N–H and O–H groups in total. The van der Waals surface area contributed by atoms with Crippen molar-refractivity contribution in [3.63, 3.8) is 0 Å². The van der Waals surface area contributed by atoms with Gasteiger partial charge in [0, 0.05) is 23.0 Å². The average Bonchev–Trinajstić information content (AvgIpc) is 3.11. The molecule has 1 atom stereocenters. The van der Waals surface area contributed by atoms with Crippen LogP contribution in [-0.2, 0) is 4.74 Å². The molecule has 0 saturated carbocycles. The van der Waals surface area contributed by atoms with Gasteiger partial charge >= 0.3 is 6.09 Å². The molecule has 0 spiro atoms. The van der Waals surface area contributed by atoms with Crippen LogP contribution in [0.4, 0.5) is 16.4 Å². The number of benzene rings is 2. The number of amides is 1. The number of ether oxygens (including phenoxy) is 1. The highest BCUT2D eigenvalue weighted by Gasteiger charge is 2.28. The second-order valence-electron chi connectivity index (χ2n) is 6.80. The van der Waals surface area contributed by atoms with Crippen molar-refractivity contribution in [2.45, 2.75) is 6.04 Å². The fourth-order valence-electron chi connectivity index (χ4n) is 3.69. The SMILES string of the molecule is COC(=O)Nc1nc2c3c(ccn3n1)C(c1ccc(Br)c(O)c1)Nc1ccccc1-2. The highest BCUT2D eigenvalue weighted by Crippen LogP contribution is 2.42. The van der Waals surface area contributed by atoms with Gasteiger partial charge in [-0.05, 0) is 45.8 Å². The van der Waals surface area contributed by atoms with Crippen LogP contribution >= 0.6 is 15.9 Å². The van der Waals surface area contributed by atoms with Gasteiger partial charge in [-0.1, -0.05) is 24.3 Å². The van der Waals surface area contributed by atoms with E-state index in [0.29, 0.717) is 10.2 Å². The van der Waals surface area contributed by atoms with Gasteiger partial charge in [0.2, 0.25) is 0 Å². The number of phenols is 1. The molecular weight excluding hydrogens is 450 g/mol. The van der Waals surface area contributed by atoms with E-state index in [1.165, 1.54) is 7.11 Å². The number of rotatable bonds is 2. The van der Waals surface area contributed by atoms with Crippen molar-refractivity contribution in [3.05, 3.63) is 70.3 Å². The first-order valence-corrected chi connectivity index (χ1v) is 9.93. The summed E-state index contributed by atoms with van der Waals surface area (Å²) < 4.78 is 6.99. The zero-order valence-corrected chi connectivity index (χ0v) is 17.3. The summed E-state index contributed by atoms with van der Waals surface area (Å²) in [6.45, 7) is 0. The van der Waals surface area contributed by atoms with Gasteiger partial charge in [-0.3, -0.25) is 5.32 Å². The van der Waals surface area contributed by atoms with Crippen molar-refractivity contribution < 1.29 is 14.6 Å². The Labute approximate surface area is 179 Å². The van der Waals surface area contributed by atoms with E-state index in [-0.39, 0.29) is 17.7 Å². The number of halogens is 1. The van der Waals surface area contributed by atoms with Gasteiger partial charge in [0.05, 0.1) is 23.1 Å². The molecule has 0 radical (unpaired) electrons. The predicted molar refractivity (Wildman–Crippen MR) is 116 cm³/mol. The number of hydrogen-bond donors (Lipinski definition) is 3. The van der Waals surface area contributed by atoms with E-state index in [1.807, 2.05) is 48.7 Å². The second kappa shape index (κ2) is 7.03. The molecule has 30 heavy (non-hydrogen) atoms. The number of carbonyl (C=O) groups excluding carboxylic acids is 1. The van der Waals surface area contributed by atoms with Crippen LogP contribution < -0.4 is 10.6 Å². The minimum atomic E-state index is -0.642. The molecule has 4 aromatic rings. The molecule has 1 unspecified atom stereocenters. The third kappa shape index (κ3) is 2.94. The number of aromatic hydroxyl groups is 1. The van der Waals surface area contributed by atoms with E-state index in [0.717, 1.165) is 27.9 Å². The highest BCUT2D eigenvalue weighted by molar-refractivity contribution is 9.10. The summed E-state index contributed by atoms with van der Waals surface area (Å²) in [4.78, 5) is 16.3. The average molecular weight is 466 g/mol. The molecule has 0 saturated heterocycles. The van der Waals surface area contributed by atoms with Crippen LogP contribution in [0.1, 0.15) is 17.2 Å². The van der Waals surface area contributed by atoms with Gasteiger partial charge in [0.1, 0.15) is 11.4 Å². The first kappa shape index (κ1) is 18.4. The van der Waals surface area contributed by atoms with E-state index in [4.69, 9.17) is 0 Å². The van der Waals surface area contributed by atoms with Crippen LogP contribution in [0.5, 0.6) is 5.75 Å². The lowest BCUT2D eigenvalue weighted by Crippen LogP contribution is -2.15. The van der Waals surface area contributed by atoms with E-state index in [2.05, 4.69) is 41.4 Å². The molecule has 3 heterocycles. The minimum absolute atomic E-state index is 0.140. The molecular formula is C21H16BrN5O3. The van der Waals surface area contributed by atoms with Crippen LogP contribution in [0.3, 0.4) is 0 Å². The van der Waals surface area contributed by atoms with Crippen molar-refractivity contribution >= 4 is 39.2 Å². The minimum Gasteiger partial charge on any atom is -0.507 e. The lowest BCUT2D eigenvalue weighted by Gasteiger charge is -2.19. The molecule has 2 aromatic carbocycles. The Morgan fingerprint density at radius 1 is 1.27 bits per heavy atom. The molecule has 9 heteroatoms. The second-order valence-corrected chi connectivity index (χ2v) is 7.65. The molecule has 5 rings (SSSR count). The van der Waals surface area contributed by atoms with Gasteiger partial charge in [-0.15, -0.1) is 5.10 Å². The van der Waals surface area contributed by atoms with Crippen LogP contribution in [0.15, 0.2) is 59.2 Å². The third-order valence-electron chi connectivity index (χ3n) is 5.04. The first-order chi connectivity index (χ1) is 14.5. The van der Waals surface area contributed by atoms with Crippen LogP contribution in [0.2, 0.25) is 0 Å². The fraction of sp³-hybridized carbons (Fsp3) is 0.0952. The topological polar surface area (TPSA) is 101 Å². The van der Waals surface area contributed by atoms with Crippen molar-refractivity contribution in [1.82, 2.24) is 14.6 Å². The Morgan fingerprint density at radius 3 is 2.90 bits per heavy atom. The number of methoxy groups -OCH3 is 1. The van der Waals surface area contributed by atoms with E-state index in [1.54, 1.807) is 10.6 Å². The van der Waals surface area contributed by atoms with Crippen LogP contribution in [-0.4, -0.2) is 32.9 Å². The number of aromatic nitrogens is 3. The summed E-state index contributed by atoms with van der Waals surface area (Å²) in [6, 6.07) is 15.0. The van der Waals surface area contributed by atoms with Gasteiger partial charge in [-0.2, -0.15) is 0 Å². The molecule has 0 fully saturated rings. The summed E-state index contributed by atoms with van der Waals surface area (Å²) in [5.41, 5.74) is 5.10. The number of para-hydroxylation sites is 1. The normalized spacial score (nSPS) is 14.5. The molecule has 1 aliphatic heterocycles. The predicted octanol–water partition coefficient (Wildman–Crippen LogP) is 4.56. The Hall–Kier alpha value is -3.59. The summed E-state index contributed by atoms with van der Waals surface area (Å²) in [6.07, 6.45) is 1.18. The van der Waals surface area contributed by atoms with E-state index < -0.39 is 6.09 Å². The van der Waals surface area contributed by atoms with Crippen molar-refractivity contribution in [1.29, 1.82) is 0 Å². The Kier molecular flexibility index (Phi) is 4.32. The van der Waals surface area contributed by atoms with Crippen LogP contribution in [0.25, 0.3) is 16.8 Å². The smallest absolute Gasteiger partial charge is 0.413 e. The number of hydrogen-bond acceptors (Lipinski definition) is 6. The standard InChI is InChI=1S/C21H16BrN5O3/c1-30-21(29)25-20-24-18-12-4-2-3-5-15(12)23-17(11-6-7-14(22)16(28)10-11)13-8-9-27(26-20)19(13)18/h2-10,17,23,28H,1H3,(H,25,26,29). The molecule has 1 amide bonds. The van der Waals surface area contributed by atoms with Gasteiger partial charge in [0.15, 0.2) is 0 Å². The van der Waals surface area contributed by atoms with Crippen LogP contribution in [0, 0.1) is 0 Å². The molecule has 0 aliphatic carbocycles. The molecule has 8 nitrogen and oxygen atoms in total.